The first kappa shape index (κ1) is 16.0. The molecule has 2 rings (SSSR count). The zero-order valence-electron chi connectivity index (χ0n) is 12.9. The molecule has 4 nitrogen and oxygen atoms in total. The van der Waals surface area contributed by atoms with Crippen LogP contribution in [0.2, 0.25) is 0 Å². The van der Waals surface area contributed by atoms with Crippen molar-refractivity contribution in [2.45, 2.75) is 51.6 Å². The predicted octanol–water partition coefficient (Wildman–Crippen LogP) is 2.30. The first-order valence-corrected chi connectivity index (χ1v) is 9.16. The summed E-state index contributed by atoms with van der Waals surface area (Å²) in [5.74, 6) is 3.32. The Morgan fingerprint density at radius 1 is 1.20 bits per heavy atom. The number of urea groups is 1. The SMILES string of the molecule is CC(C)NC(=O)NCC1CCN(C2CCSCC2)CC1. The lowest BCUT2D eigenvalue weighted by molar-refractivity contribution is 0.125. The summed E-state index contributed by atoms with van der Waals surface area (Å²) in [7, 11) is 0. The maximum Gasteiger partial charge on any atom is 0.314 e. The second-order valence-corrected chi connectivity index (χ2v) is 7.56. The fourth-order valence-electron chi connectivity index (χ4n) is 3.12. The molecule has 20 heavy (non-hydrogen) atoms. The lowest BCUT2D eigenvalue weighted by atomic mass is 9.94. The number of carbonyl (C=O) groups excluding carboxylic acids is 1. The molecule has 0 unspecified atom stereocenters. The van der Waals surface area contributed by atoms with Crippen LogP contribution in [0.1, 0.15) is 39.5 Å². The summed E-state index contributed by atoms with van der Waals surface area (Å²) in [4.78, 5) is 14.3. The molecule has 0 bridgehead atoms. The molecule has 0 aromatic heterocycles. The van der Waals surface area contributed by atoms with Gasteiger partial charge in [0.25, 0.3) is 0 Å². The van der Waals surface area contributed by atoms with Crippen molar-refractivity contribution in [1.29, 1.82) is 0 Å². The number of nitrogens with one attached hydrogen (secondary N) is 2. The lowest BCUT2D eigenvalue weighted by Gasteiger charge is -2.39. The molecular formula is C15H29N3OS. The first-order chi connectivity index (χ1) is 9.65. The molecule has 2 fully saturated rings. The second kappa shape index (κ2) is 8.13. The van der Waals surface area contributed by atoms with E-state index in [0.717, 1.165) is 12.6 Å². The Labute approximate surface area is 127 Å². The summed E-state index contributed by atoms with van der Waals surface area (Å²) in [5.41, 5.74) is 0. The summed E-state index contributed by atoms with van der Waals surface area (Å²) in [6.45, 7) is 7.23. The number of rotatable bonds is 4. The largest absolute Gasteiger partial charge is 0.338 e. The molecule has 0 radical (unpaired) electrons. The summed E-state index contributed by atoms with van der Waals surface area (Å²) in [5, 5.41) is 5.89. The number of piperidine rings is 1. The van der Waals surface area contributed by atoms with E-state index in [1.807, 2.05) is 13.8 Å². The fourth-order valence-corrected chi connectivity index (χ4v) is 4.20. The normalized spacial score (nSPS) is 22.9. The molecule has 5 heteroatoms. The van der Waals surface area contributed by atoms with Crippen molar-refractivity contribution in [3.8, 4) is 0 Å². The van der Waals surface area contributed by atoms with Crippen LogP contribution in [0.5, 0.6) is 0 Å². The van der Waals surface area contributed by atoms with Gasteiger partial charge in [-0.2, -0.15) is 11.8 Å². The zero-order chi connectivity index (χ0) is 14.4. The maximum atomic E-state index is 11.6. The van der Waals surface area contributed by atoms with E-state index in [-0.39, 0.29) is 12.1 Å². The van der Waals surface area contributed by atoms with E-state index in [4.69, 9.17) is 0 Å². The van der Waals surface area contributed by atoms with Crippen molar-refractivity contribution in [2.24, 2.45) is 5.92 Å². The number of likely N-dealkylation sites (tertiary alicyclic amines) is 1. The molecular weight excluding hydrogens is 270 g/mol. The molecule has 2 aliphatic heterocycles. The third kappa shape index (κ3) is 5.17. The lowest BCUT2D eigenvalue weighted by Crippen LogP contribution is -2.46. The van der Waals surface area contributed by atoms with Crippen molar-refractivity contribution >= 4 is 17.8 Å². The van der Waals surface area contributed by atoms with E-state index >= 15 is 0 Å². The van der Waals surface area contributed by atoms with E-state index in [1.165, 1.54) is 50.3 Å². The Hall–Kier alpha value is -0.420. The van der Waals surface area contributed by atoms with E-state index in [9.17, 15) is 4.79 Å². The van der Waals surface area contributed by atoms with Gasteiger partial charge in [0, 0.05) is 18.6 Å². The number of amides is 2. The van der Waals surface area contributed by atoms with Crippen LogP contribution in [0.3, 0.4) is 0 Å². The zero-order valence-corrected chi connectivity index (χ0v) is 13.7. The van der Waals surface area contributed by atoms with Crippen molar-refractivity contribution in [3.05, 3.63) is 0 Å². The average Bonchev–Trinajstić information content (AvgIpc) is 2.46. The molecule has 116 valence electrons. The molecule has 2 saturated heterocycles. The Morgan fingerprint density at radius 3 is 2.45 bits per heavy atom. The number of hydrogen-bond donors (Lipinski definition) is 2. The van der Waals surface area contributed by atoms with Crippen molar-refractivity contribution in [1.82, 2.24) is 15.5 Å². The molecule has 0 aromatic carbocycles. The third-order valence-corrected chi connectivity index (χ3v) is 5.38. The van der Waals surface area contributed by atoms with Crippen molar-refractivity contribution in [3.63, 3.8) is 0 Å². The van der Waals surface area contributed by atoms with E-state index in [0.29, 0.717) is 5.92 Å². The Bertz CT molecular complexity index is 297. The van der Waals surface area contributed by atoms with Gasteiger partial charge in [-0.3, -0.25) is 0 Å². The van der Waals surface area contributed by atoms with Gasteiger partial charge in [0.15, 0.2) is 0 Å². The van der Waals surface area contributed by atoms with Gasteiger partial charge < -0.3 is 15.5 Å². The van der Waals surface area contributed by atoms with E-state index < -0.39 is 0 Å². The highest BCUT2D eigenvalue weighted by atomic mass is 32.2. The number of nitrogens with zero attached hydrogens (tertiary/aromatic N) is 1. The summed E-state index contributed by atoms with van der Waals surface area (Å²) < 4.78 is 0. The van der Waals surface area contributed by atoms with Gasteiger partial charge in [0.2, 0.25) is 0 Å². The standard InChI is InChI=1S/C15H29N3OS/c1-12(2)17-15(19)16-11-13-3-7-18(8-4-13)14-5-9-20-10-6-14/h12-14H,3-11H2,1-2H3,(H2,16,17,19). The highest BCUT2D eigenvalue weighted by molar-refractivity contribution is 7.99. The molecule has 2 N–H and O–H groups in total. The number of thioether (sulfide) groups is 1. The Kier molecular flexibility index (Phi) is 6.49. The van der Waals surface area contributed by atoms with Crippen LogP contribution in [0, 0.1) is 5.92 Å². The topological polar surface area (TPSA) is 44.4 Å². The minimum atomic E-state index is -0.0215. The van der Waals surface area contributed by atoms with E-state index in [2.05, 4.69) is 27.3 Å². The summed E-state index contributed by atoms with van der Waals surface area (Å²) in [6.07, 6.45) is 5.19. The van der Waals surface area contributed by atoms with Crippen LogP contribution in [0.4, 0.5) is 4.79 Å². The molecule has 0 aliphatic carbocycles. The molecule has 0 saturated carbocycles. The second-order valence-electron chi connectivity index (χ2n) is 6.33. The van der Waals surface area contributed by atoms with E-state index in [1.54, 1.807) is 0 Å². The molecule has 0 spiro atoms. The summed E-state index contributed by atoms with van der Waals surface area (Å²) >= 11 is 2.10. The van der Waals surface area contributed by atoms with Crippen molar-refractivity contribution in [2.75, 3.05) is 31.1 Å². The quantitative estimate of drug-likeness (QED) is 0.837. The van der Waals surface area contributed by atoms with Gasteiger partial charge in [0.05, 0.1) is 0 Å². The van der Waals surface area contributed by atoms with Crippen molar-refractivity contribution < 1.29 is 4.79 Å². The Morgan fingerprint density at radius 2 is 1.85 bits per heavy atom. The van der Waals surface area contributed by atoms with Crippen LogP contribution in [-0.2, 0) is 0 Å². The molecule has 2 amide bonds. The van der Waals surface area contributed by atoms with Crippen LogP contribution >= 0.6 is 11.8 Å². The van der Waals surface area contributed by atoms with Crippen LogP contribution in [0.15, 0.2) is 0 Å². The molecule has 0 atom stereocenters. The third-order valence-electron chi connectivity index (χ3n) is 4.33. The number of carbonyl (C=O) groups is 1. The highest BCUT2D eigenvalue weighted by Gasteiger charge is 2.26. The minimum Gasteiger partial charge on any atom is -0.338 e. The maximum absolute atomic E-state index is 11.6. The van der Waals surface area contributed by atoms with Gasteiger partial charge in [0.1, 0.15) is 0 Å². The molecule has 0 aromatic rings. The van der Waals surface area contributed by atoms with Gasteiger partial charge in [-0.05, 0) is 70.0 Å². The van der Waals surface area contributed by atoms with Gasteiger partial charge in [-0.15, -0.1) is 0 Å². The monoisotopic (exact) mass is 299 g/mol. The Balaban J connectivity index is 1.62. The van der Waals surface area contributed by atoms with Crippen LogP contribution in [-0.4, -0.2) is 54.2 Å². The number of hydrogen-bond acceptors (Lipinski definition) is 3. The van der Waals surface area contributed by atoms with Crippen LogP contribution < -0.4 is 10.6 Å². The predicted molar refractivity (Wildman–Crippen MR) is 86.3 cm³/mol. The van der Waals surface area contributed by atoms with Crippen LogP contribution in [0.25, 0.3) is 0 Å². The van der Waals surface area contributed by atoms with Gasteiger partial charge in [-0.1, -0.05) is 0 Å². The highest BCUT2D eigenvalue weighted by Crippen LogP contribution is 2.26. The fraction of sp³-hybridized carbons (Fsp3) is 0.933. The molecule has 2 heterocycles. The van der Waals surface area contributed by atoms with Gasteiger partial charge in [-0.25, -0.2) is 4.79 Å². The summed E-state index contributed by atoms with van der Waals surface area (Å²) in [6, 6.07) is 1.02. The first-order valence-electron chi connectivity index (χ1n) is 8.01. The minimum absolute atomic E-state index is 0.0215. The smallest absolute Gasteiger partial charge is 0.314 e. The van der Waals surface area contributed by atoms with Gasteiger partial charge >= 0.3 is 6.03 Å². The average molecular weight is 299 g/mol. The molecule has 2 aliphatic rings.